The Morgan fingerprint density at radius 2 is 2.21 bits per heavy atom. The van der Waals surface area contributed by atoms with Gasteiger partial charge in [0.1, 0.15) is 6.07 Å². The molecule has 3 N–H and O–H groups in total. The van der Waals surface area contributed by atoms with E-state index >= 15 is 0 Å². The van der Waals surface area contributed by atoms with Crippen molar-refractivity contribution in [2.45, 2.75) is 18.3 Å². The Bertz CT molecular complexity index is 473. The molecule has 0 saturated heterocycles. The van der Waals surface area contributed by atoms with Crippen molar-refractivity contribution in [3.05, 3.63) is 29.8 Å². The van der Waals surface area contributed by atoms with E-state index in [-0.39, 0.29) is 23.5 Å². The fraction of sp³-hybridized carbons (Fsp3) is 0.385. The van der Waals surface area contributed by atoms with Crippen molar-refractivity contribution in [1.29, 1.82) is 5.26 Å². The minimum absolute atomic E-state index is 0.238. The van der Waals surface area contributed by atoms with Gasteiger partial charge in [0.15, 0.2) is 0 Å². The van der Waals surface area contributed by atoms with E-state index in [2.05, 4.69) is 5.32 Å². The van der Waals surface area contributed by atoms with Crippen LogP contribution >= 0.6 is 11.8 Å². The number of aliphatic hydroxyl groups is 2. The van der Waals surface area contributed by atoms with Crippen molar-refractivity contribution < 1.29 is 15.0 Å². The molecule has 2 atom stereocenters. The molecule has 0 bridgehead atoms. The van der Waals surface area contributed by atoms with Crippen molar-refractivity contribution in [3.63, 3.8) is 0 Å². The number of aliphatic hydroxyl groups excluding tert-OH is 2. The molecule has 0 fully saturated rings. The minimum atomic E-state index is -0.827. The maximum Gasteiger partial charge on any atom is 0.237 e. The van der Waals surface area contributed by atoms with Crippen LogP contribution in [0, 0.1) is 11.3 Å². The monoisotopic (exact) mass is 280 g/mol. The Morgan fingerprint density at radius 3 is 2.84 bits per heavy atom. The minimum Gasteiger partial charge on any atom is -0.394 e. The van der Waals surface area contributed by atoms with Gasteiger partial charge in [-0.1, -0.05) is 12.1 Å². The summed E-state index contributed by atoms with van der Waals surface area (Å²) in [5.74, 6) is 0.0446. The second-order valence-corrected chi connectivity index (χ2v) is 5.33. The lowest BCUT2D eigenvalue weighted by molar-refractivity contribution is -0.115. The molecule has 0 aliphatic rings. The lowest BCUT2D eigenvalue weighted by Gasteiger charge is -2.14. The van der Waals surface area contributed by atoms with Crippen molar-refractivity contribution in [2.24, 2.45) is 0 Å². The molecule has 1 aromatic carbocycles. The van der Waals surface area contributed by atoms with Gasteiger partial charge in [-0.2, -0.15) is 5.26 Å². The Balaban J connectivity index is 2.57. The highest BCUT2D eigenvalue weighted by atomic mass is 32.2. The van der Waals surface area contributed by atoms with Crippen LogP contribution in [0.4, 0.5) is 5.69 Å². The van der Waals surface area contributed by atoms with Gasteiger partial charge in [0, 0.05) is 5.75 Å². The smallest absolute Gasteiger partial charge is 0.237 e. The van der Waals surface area contributed by atoms with E-state index in [1.165, 1.54) is 11.8 Å². The van der Waals surface area contributed by atoms with Gasteiger partial charge in [-0.15, -0.1) is 11.8 Å². The lowest BCUT2D eigenvalue weighted by Crippen LogP contribution is -2.25. The van der Waals surface area contributed by atoms with Gasteiger partial charge in [-0.3, -0.25) is 4.79 Å². The summed E-state index contributed by atoms with van der Waals surface area (Å²) in [6.45, 7) is 1.39. The van der Waals surface area contributed by atoms with Gasteiger partial charge < -0.3 is 15.5 Å². The summed E-state index contributed by atoms with van der Waals surface area (Å²) in [4.78, 5) is 11.9. The fourth-order valence-corrected chi connectivity index (χ4v) is 2.13. The first-order valence-electron chi connectivity index (χ1n) is 5.79. The largest absolute Gasteiger partial charge is 0.394 e. The highest BCUT2D eigenvalue weighted by molar-refractivity contribution is 8.00. The molecule has 0 aliphatic carbocycles. The number of nitrogens with one attached hydrogen (secondary N) is 1. The number of para-hydroxylation sites is 1. The Hall–Kier alpha value is -1.55. The molecular weight excluding hydrogens is 264 g/mol. The predicted octanol–water partition coefficient (Wildman–Crippen LogP) is 0.972. The van der Waals surface area contributed by atoms with Crippen molar-refractivity contribution in [1.82, 2.24) is 0 Å². The highest BCUT2D eigenvalue weighted by Gasteiger charge is 2.16. The van der Waals surface area contributed by atoms with E-state index in [0.717, 1.165) is 0 Å². The second kappa shape index (κ2) is 7.79. The molecule has 6 heteroatoms. The zero-order chi connectivity index (χ0) is 14.3. The van der Waals surface area contributed by atoms with E-state index in [4.69, 9.17) is 10.4 Å². The van der Waals surface area contributed by atoms with Crippen LogP contribution in [0.2, 0.25) is 0 Å². The van der Waals surface area contributed by atoms with Gasteiger partial charge in [-0.25, -0.2) is 0 Å². The Morgan fingerprint density at radius 1 is 1.53 bits per heavy atom. The van der Waals surface area contributed by atoms with Crippen LogP contribution in [-0.4, -0.2) is 39.8 Å². The molecule has 0 radical (unpaired) electrons. The molecule has 0 saturated carbocycles. The molecule has 0 heterocycles. The Labute approximate surface area is 116 Å². The summed E-state index contributed by atoms with van der Waals surface area (Å²) in [5, 5.41) is 29.1. The van der Waals surface area contributed by atoms with Crippen molar-refractivity contribution in [2.75, 3.05) is 17.7 Å². The number of hydrogen-bond donors (Lipinski definition) is 3. The molecule has 1 amide bonds. The number of rotatable bonds is 6. The number of carbonyl (C=O) groups excluding carboxylic acids is 1. The van der Waals surface area contributed by atoms with E-state index in [1.54, 1.807) is 31.2 Å². The third kappa shape index (κ3) is 4.91. The van der Waals surface area contributed by atoms with E-state index in [9.17, 15) is 9.90 Å². The summed E-state index contributed by atoms with van der Waals surface area (Å²) >= 11 is 1.24. The van der Waals surface area contributed by atoms with Gasteiger partial charge in [-0.05, 0) is 19.1 Å². The number of nitriles is 1. The number of hydrogen-bond acceptors (Lipinski definition) is 5. The van der Waals surface area contributed by atoms with Crippen molar-refractivity contribution >= 4 is 23.4 Å². The first-order valence-corrected chi connectivity index (χ1v) is 6.84. The normalized spacial score (nSPS) is 13.4. The maximum atomic E-state index is 11.9. The van der Waals surface area contributed by atoms with E-state index in [0.29, 0.717) is 11.3 Å². The molecule has 0 unspecified atom stereocenters. The summed E-state index contributed by atoms with van der Waals surface area (Å²) in [7, 11) is 0. The number of thioether (sulfide) groups is 1. The summed E-state index contributed by atoms with van der Waals surface area (Å²) in [6, 6.07) is 8.76. The third-order valence-corrected chi connectivity index (χ3v) is 3.72. The zero-order valence-corrected chi connectivity index (χ0v) is 11.4. The van der Waals surface area contributed by atoms with Crippen molar-refractivity contribution in [3.8, 4) is 6.07 Å². The number of benzene rings is 1. The first kappa shape index (κ1) is 15.5. The molecule has 0 spiro atoms. The molecule has 0 aliphatic heterocycles. The van der Waals surface area contributed by atoms with Crippen LogP contribution in [0.25, 0.3) is 0 Å². The molecule has 1 rings (SSSR count). The number of nitrogens with zero attached hydrogens (tertiary/aromatic N) is 1. The lowest BCUT2D eigenvalue weighted by atomic mass is 10.2. The van der Waals surface area contributed by atoms with Gasteiger partial charge in [0.05, 0.1) is 29.2 Å². The average molecular weight is 280 g/mol. The molecule has 1 aromatic rings. The van der Waals surface area contributed by atoms with Gasteiger partial charge in [0.25, 0.3) is 0 Å². The van der Waals surface area contributed by atoms with Crippen LogP contribution in [0.1, 0.15) is 12.5 Å². The summed E-state index contributed by atoms with van der Waals surface area (Å²) < 4.78 is 0. The number of amides is 1. The quantitative estimate of drug-likeness (QED) is 0.722. The topological polar surface area (TPSA) is 93.3 Å². The molecule has 102 valence electrons. The molecule has 0 aromatic heterocycles. The highest BCUT2D eigenvalue weighted by Crippen LogP contribution is 2.17. The zero-order valence-electron chi connectivity index (χ0n) is 10.5. The standard InChI is InChI=1S/C13H16N2O3S/c1-9(19-8-11(17)7-16)13(18)15-12-5-3-2-4-10(12)6-14/h2-5,9,11,16-17H,7-8H2,1H3,(H,15,18)/t9-,11+/m1/s1. The van der Waals surface area contributed by atoms with Crippen LogP contribution < -0.4 is 5.32 Å². The maximum absolute atomic E-state index is 11.9. The third-order valence-electron chi connectivity index (χ3n) is 2.42. The second-order valence-electron chi connectivity index (χ2n) is 3.96. The summed E-state index contributed by atoms with van der Waals surface area (Å²) in [5.41, 5.74) is 0.883. The Kier molecular flexibility index (Phi) is 6.36. The SMILES string of the molecule is C[C@@H](SC[C@@H](O)CO)C(=O)Nc1ccccc1C#N. The number of carbonyl (C=O) groups is 1. The first-order chi connectivity index (χ1) is 9.08. The van der Waals surface area contributed by atoms with Crippen LogP contribution in [-0.2, 0) is 4.79 Å². The van der Waals surface area contributed by atoms with E-state index in [1.807, 2.05) is 6.07 Å². The van der Waals surface area contributed by atoms with Crippen LogP contribution in [0.15, 0.2) is 24.3 Å². The van der Waals surface area contributed by atoms with Gasteiger partial charge >= 0.3 is 0 Å². The molecule has 19 heavy (non-hydrogen) atoms. The van der Waals surface area contributed by atoms with Gasteiger partial charge in [0.2, 0.25) is 5.91 Å². The van der Waals surface area contributed by atoms with Crippen LogP contribution in [0.5, 0.6) is 0 Å². The van der Waals surface area contributed by atoms with E-state index < -0.39 is 6.10 Å². The average Bonchev–Trinajstić information content (AvgIpc) is 2.44. The molecule has 5 nitrogen and oxygen atoms in total. The predicted molar refractivity (Wildman–Crippen MR) is 74.8 cm³/mol. The van der Waals surface area contributed by atoms with Crippen LogP contribution in [0.3, 0.4) is 0 Å². The fourth-order valence-electron chi connectivity index (χ4n) is 1.31. The summed E-state index contributed by atoms with van der Waals surface area (Å²) in [6.07, 6.45) is -0.827. The molecular formula is C13H16N2O3S. The number of anilines is 1.